The van der Waals surface area contributed by atoms with Gasteiger partial charge < -0.3 is 14.9 Å². The van der Waals surface area contributed by atoms with Crippen LogP contribution in [-0.2, 0) is 4.74 Å². The van der Waals surface area contributed by atoms with E-state index in [1.54, 1.807) is 5.57 Å². The van der Waals surface area contributed by atoms with E-state index in [9.17, 15) is 10.2 Å². The molecular weight excluding hydrogens is 566 g/mol. The molecule has 0 aromatic carbocycles. The minimum Gasteiger partial charge on any atom is -0.396 e. The van der Waals surface area contributed by atoms with Crippen LogP contribution in [0.4, 0.5) is 0 Å². The van der Waals surface area contributed by atoms with Crippen LogP contribution in [0.3, 0.4) is 0 Å². The van der Waals surface area contributed by atoms with E-state index < -0.39 is 0 Å². The Morgan fingerprint density at radius 2 is 1.93 bits per heavy atom. The Bertz CT molecular complexity index is 1290. The molecule has 6 aliphatic carbocycles. The lowest BCUT2D eigenvalue weighted by molar-refractivity contribution is -0.231. The van der Waals surface area contributed by atoms with Crippen molar-refractivity contribution in [1.29, 1.82) is 0 Å². The first-order valence-corrected chi connectivity index (χ1v) is 19.9. The van der Waals surface area contributed by atoms with Gasteiger partial charge in [-0.05, 0) is 144 Å². The van der Waals surface area contributed by atoms with Gasteiger partial charge in [-0.2, -0.15) is 0 Å². The van der Waals surface area contributed by atoms with Crippen LogP contribution in [0.1, 0.15) is 137 Å². The van der Waals surface area contributed by atoms with Gasteiger partial charge in [-0.1, -0.05) is 62.6 Å². The van der Waals surface area contributed by atoms with Gasteiger partial charge in [0.05, 0.1) is 11.6 Å². The highest BCUT2D eigenvalue weighted by molar-refractivity contribution is 5.54. The van der Waals surface area contributed by atoms with Gasteiger partial charge in [0.1, 0.15) is 0 Å². The van der Waals surface area contributed by atoms with Crippen LogP contribution in [0.25, 0.3) is 0 Å². The van der Waals surface area contributed by atoms with E-state index in [2.05, 4.69) is 56.9 Å². The molecule has 0 amide bonds. The zero-order valence-corrected chi connectivity index (χ0v) is 29.8. The van der Waals surface area contributed by atoms with Crippen molar-refractivity contribution in [3.05, 3.63) is 35.5 Å². The molecule has 12 atom stereocenters. The first kappa shape index (κ1) is 32.3. The van der Waals surface area contributed by atoms with Crippen molar-refractivity contribution in [2.75, 3.05) is 26.4 Å². The Kier molecular flexibility index (Phi) is 7.92. The summed E-state index contributed by atoms with van der Waals surface area (Å²) in [5.41, 5.74) is 5.26. The summed E-state index contributed by atoms with van der Waals surface area (Å²) >= 11 is 0. The minimum absolute atomic E-state index is 0.0245. The van der Waals surface area contributed by atoms with Gasteiger partial charge in [0.2, 0.25) is 0 Å². The molecule has 0 radical (unpaired) electrons. The molecule has 256 valence electrons. The van der Waals surface area contributed by atoms with Crippen molar-refractivity contribution in [3.8, 4) is 0 Å². The van der Waals surface area contributed by atoms with E-state index in [1.807, 2.05) is 5.57 Å². The molecule has 2 aliphatic heterocycles. The Morgan fingerprint density at radius 1 is 1.07 bits per heavy atom. The fraction of sp³-hybridized carbons (Fsp3) is 0.857. The fourth-order valence-electron chi connectivity index (χ4n) is 15.3. The number of unbranched alkanes of at least 4 members (excludes halogenated alkanes) is 1. The average Bonchev–Trinajstić information content (AvgIpc) is 3.23. The number of allylic oxidation sites excluding steroid dienone is 3. The fourth-order valence-corrected chi connectivity index (χ4v) is 15.3. The summed E-state index contributed by atoms with van der Waals surface area (Å²) < 4.78 is 6.42. The quantitative estimate of drug-likeness (QED) is 0.128. The number of rotatable bonds is 12. The molecule has 8 rings (SSSR count). The third kappa shape index (κ3) is 3.83. The summed E-state index contributed by atoms with van der Waals surface area (Å²) in [6, 6.07) is 0. The smallest absolute Gasteiger partial charge is 0.0652 e. The number of fused-ring (bicyclic) bond motifs is 1. The van der Waals surface area contributed by atoms with Gasteiger partial charge in [-0.3, -0.25) is 4.90 Å². The maximum atomic E-state index is 9.97. The van der Waals surface area contributed by atoms with E-state index in [0.717, 1.165) is 63.1 Å². The van der Waals surface area contributed by atoms with Gasteiger partial charge in [0.15, 0.2) is 0 Å². The number of aliphatic hydroxyl groups is 2. The van der Waals surface area contributed by atoms with Crippen LogP contribution < -0.4 is 0 Å². The number of hydrogen-bond donors (Lipinski definition) is 2. The van der Waals surface area contributed by atoms with Crippen LogP contribution in [0.5, 0.6) is 0 Å². The van der Waals surface area contributed by atoms with Gasteiger partial charge in [0.25, 0.3) is 0 Å². The summed E-state index contributed by atoms with van der Waals surface area (Å²) in [6.07, 6.45) is 31.7. The van der Waals surface area contributed by atoms with Crippen LogP contribution in [0.15, 0.2) is 35.5 Å². The van der Waals surface area contributed by atoms with Crippen molar-refractivity contribution in [1.82, 2.24) is 4.90 Å². The summed E-state index contributed by atoms with van der Waals surface area (Å²) in [5.74, 6) is 2.89. The van der Waals surface area contributed by atoms with Crippen LogP contribution in [0, 0.1) is 45.3 Å². The first-order chi connectivity index (χ1) is 22.2. The standard InChI is InChI=1S/C42H65NO3/c1-5-34(45)13-6-7-25-46-26-17-33-12-8-19-38(33)27-31(3)41-23-14-30(2)36(41)28-42(38)37(41,4)18-10-20-40(42)22-16-35-32(11-9-24-44)15-21-39(35)29-43(39)40/h10,16,20,22,31-35,44-45H,5-9,11-15,17-19,21,23-29H2,1-4H3/t31-,32+,33+,34+,35+,37-,38+,39+,40-,41-,42-,43?/m1/s1. The summed E-state index contributed by atoms with van der Waals surface area (Å²) in [5, 5.41) is 19.6. The molecule has 4 spiro atoms. The lowest BCUT2D eigenvalue weighted by Crippen LogP contribution is -2.73. The van der Waals surface area contributed by atoms with Crippen molar-refractivity contribution >= 4 is 0 Å². The van der Waals surface area contributed by atoms with Crippen LogP contribution in [0.2, 0.25) is 0 Å². The lowest BCUT2D eigenvalue weighted by atomic mass is 9.31. The van der Waals surface area contributed by atoms with Crippen molar-refractivity contribution in [2.45, 2.75) is 154 Å². The molecule has 2 bridgehead atoms. The maximum Gasteiger partial charge on any atom is 0.0652 e. The molecule has 8 aliphatic rings. The van der Waals surface area contributed by atoms with E-state index in [-0.39, 0.29) is 22.5 Å². The number of ether oxygens (including phenoxy) is 1. The Hall–Kier alpha value is -0.940. The van der Waals surface area contributed by atoms with E-state index >= 15 is 0 Å². The SMILES string of the molecule is CC[C@H](O)CCCCOCC[C@@H]1CCC[C@]12C[C@@H](C)[C@]13CCC(C)=C1C[C@]21[C@@]2(C=CC[C@@]13C)C=C[C@H]1[C@@H](CCCO)CC[C@]13CN32. The molecule has 4 nitrogen and oxygen atoms in total. The number of hydrogen-bond acceptors (Lipinski definition) is 4. The predicted octanol–water partition coefficient (Wildman–Crippen LogP) is 8.78. The molecule has 1 saturated heterocycles. The number of aliphatic hydroxyl groups excluding tert-OH is 2. The molecule has 4 heteroatoms. The molecule has 0 aromatic heterocycles. The second-order valence-electron chi connectivity index (χ2n) is 18.1. The maximum absolute atomic E-state index is 9.97. The summed E-state index contributed by atoms with van der Waals surface area (Å²) in [4.78, 5) is 3.11. The zero-order chi connectivity index (χ0) is 32.0. The monoisotopic (exact) mass is 631 g/mol. The molecule has 2 heterocycles. The second kappa shape index (κ2) is 11.3. The van der Waals surface area contributed by atoms with Crippen LogP contribution >= 0.6 is 0 Å². The molecule has 46 heavy (non-hydrogen) atoms. The molecule has 4 saturated carbocycles. The van der Waals surface area contributed by atoms with Gasteiger partial charge in [0, 0.05) is 42.7 Å². The van der Waals surface area contributed by atoms with Gasteiger partial charge in [-0.15, -0.1) is 0 Å². The van der Waals surface area contributed by atoms with Gasteiger partial charge in [-0.25, -0.2) is 0 Å². The second-order valence-corrected chi connectivity index (χ2v) is 18.1. The van der Waals surface area contributed by atoms with E-state index in [1.165, 1.54) is 83.6 Å². The molecule has 2 N–H and O–H groups in total. The lowest BCUT2D eigenvalue weighted by Gasteiger charge is -2.74. The Labute approximate surface area is 280 Å². The highest BCUT2D eigenvalue weighted by Gasteiger charge is 2.87. The summed E-state index contributed by atoms with van der Waals surface area (Å²) in [7, 11) is 0. The van der Waals surface area contributed by atoms with E-state index in [0.29, 0.717) is 28.9 Å². The molecule has 1 unspecified atom stereocenters. The highest BCUT2D eigenvalue weighted by Crippen LogP contribution is 2.90. The van der Waals surface area contributed by atoms with Crippen molar-refractivity contribution in [2.24, 2.45) is 45.3 Å². The van der Waals surface area contributed by atoms with Crippen molar-refractivity contribution < 1.29 is 14.9 Å². The normalized spacial score (nSPS) is 49.9. The summed E-state index contributed by atoms with van der Waals surface area (Å²) in [6.45, 7) is 13.5. The van der Waals surface area contributed by atoms with Crippen LogP contribution in [-0.4, -0.2) is 58.7 Å². The molecule has 5 fully saturated rings. The molecular formula is C42H65NO3. The average molecular weight is 632 g/mol. The predicted molar refractivity (Wildman–Crippen MR) is 186 cm³/mol. The Balaban J connectivity index is 1.16. The third-order valence-corrected chi connectivity index (χ3v) is 17.1. The topological polar surface area (TPSA) is 52.7 Å². The highest BCUT2D eigenvalue weighted by atomic mass is 16.5. The minimum atomic E-state index is -0.147. The largest absolute Gasteiger partial charge is 0.396 e. The number of nitrogens with zero attached hydrogens (tertiary/aromatic N) is 1. The van der Waals surface area contributed by atoms with E-state index in [4.69, 9.17) is 4.74 Å². The zero-order valence-electron chi connectivity index (χ0n) is 29.8. The first-order valence-electron chi connectivity index (χ1n) is 19.9. The molecule has 0 aromatic rings. The third-order valence-electron chi connectivity index (χ3n) is 17.1. The van der Waals surface area contributed by atoms with Crippen molar-refractivity contribution in [3.63, 3.8) is 0 Å². The van der Waals surface area contributed by atoms with Gasteiger partial charge >= 0.3 is 0 Å². The Morgan fingerprint density at radius 3 is 2.76 bits per heavy atom.